The number of benzene rings is 1. The molecular weight excluding hydrogens is 306 g/mol. The summed E-state index contributed by atoms with van der Waals surface area (Å²) < 4.78 is 7.26. The van der Waals surface area contributed by atoms with E-state index in [1.165, 1.54) is 0 Å². The maximum Gasteiger partial charge on any atom is 0.256 e. The molecule has 1 heterocycles. The molecule has 1 aromatic heterocycles. The molecule has 3 rings (SSSR count). The number of anilines is 1. The number of nitrogen functional groups attached to an aromatic ring is 1. The Labute approximate surface area is 140 Å². The first kappa shape index (κ1) is 16.5. The maximum atomic E-state index is 12.7. The molecule has 1 aliphatic rings. The van der Waals surface area contributed by atoms with E-state index in [9.17, 15) is 9.59 Å². The van der Waals surface area contributed by atoms with Crippen LogP contribution in [0.4, 0.5) is 5.69 Å². The van der Waals surface area contributed by atoms with Gasteiger partial charge in [-0.25, -0.2) is 0 Å². The van der Waals surface area contributed by atoms with Gasteiger partial charge in [0.2, 0.25) is 5.43 Å². The van der Waals surface area contributed by atoms with Crippen molar-refractivity contribution in [3.63, 3.8) is 0 Å². The van der Waals surface area contributed by atoms with Gasteiger partial charge < -0.3 is 20.4 Å². The summed E-state index contributed by atoms with van der Waals surface area (Å²) in [6.07, 6.45) is 4.51. The molecule has 1 aromatic carbocycles. The summed E-state index contributed by atoms with van der Waals surface area (Å²) in [7, 11) is 0. The van der Waals surface area contributed by atoms with E-state index in [0.29, 0.717) is 43.3 Å². The standard InChI is InChI=1S/C18H23N3O3/c1-2-24-10-4-9-20-18(23)13-11-21(12-7-8-12)15-6-3-5-14(19)16(15)17(13)22/h3,5-6,11-12H,2,4,7-10,19H2,1H3,(H,20,23). The van der Waals surface area contributed by atoms with Crippen LogP contribution in [0.3, 0.4) is 0 Å². The van der Waals surface area contributed by atoms with Crippen molar-refractivity contribution < 1.29 is 9.53 Å². The lowest BCUT2D eigenvalue weighted by Gasteiger charge is -2.14. The molecule has 0 aliphatic heterocycles. The number of hydrogen-bond donors (Lipinski definition) is 2. The highest BCUT2D eigenvalue weighted by Gasteiger charge is 2.27. The summed E-state index contributed by atoms with van der Waals surface area (Å²) in [4.78, 5) is 25.2. The van der Waals surface area contributed by atoms with Gasteiger partial charge in [0.25, 0.3) is 5.91 Å². The van der Waals surface area contributed by atoms with E-state index in [1.807, 2.05) is 23.6 Å². The Morgan fingerprint density at radius 2 is 2.21 bits per heavy atom. The van der Waals surface area contributed by atoms with Gasteiger partial charge in [-0.15, -0.1) is 0 Å². The van der Waals surface area contributed by atoms with Crippen LogP contribution < -0.4 is 16.5 Å². The quantitative estimate of drug-likeness (QED) is 0.601. The van der Waals surface area contributed by atoms with Crippen molar-refractivity contribution in [2.24, 2.45) is 0 Å². The summed E-state index contributed by atoms with van der Waals surface area (Å²) in [5, 5.41) is 3.23. The number of pyridine rings is 1. The molecule has 1 saturated carbocycles. The van der Waals surface area contributed by atoms with Crippen LogP contribution >= 0.6 is 0 Å². The number of hydrogen-bond acceptors (Lipinski definition) is 4. The fourth-order valence-electron chi connectivity index (χ4n) is 2.85. The van der Waals surface area contributed by atoms with Crippen LogP contribution in [0.25, 0.3) is 10.9 Å². The second-order valence-electron chi connectivity index (χ2n) is 6.06. The summed E-state index contributed by atoms with van der Waals surface area (Å²) >= 11 is 0. The fraction of sp³-hybridized carbons (Fsp3) is 0.444. The number of amides is 1. The predicted octanol–water partition coefficient (Wildman–Crippen LogP) is 2.08. The van der Waals surface area contributed by atoms with Crippen LogP contribution in [0.2, 0.25) is 0 Å². The van der Waals surface area contributed by atoms with Crippen LogP contribution in [0.1, 0.15) is 42.6 Å². The molecule has 6 heteroatoms. The fourth-order valence-corrected chi connectivity index (χ4v) is 2.85. The third kappa shape index (κ3) is 3.28. The third-order valence-electron chi connectivity index (χ3n) is 4.23. The van der Waals surface area contributed by atoms with Gasteiger partial charge >= 0.3 is 0 Å². The molecule has 0 bridgehead atoms. The van der Waals surface area contributed by atoms with Crippen molar-refractivity contribution in [1.82, 2.24) is 9.88 Å². The van der Waals surface area contributed by atoms with Crippen molar-refractivity contribution in [3.05, 3.63) is 40.2 Å². The number of aromatic nitrogens is 1. The van der Waals surface area contributed by atoms with Gasteiger partial charge in [-0.1, -0.05) is 6.07 Å². The first-order valence-electron chi connectivity index (χ1n) is 8.42. The molecule has 1 aliphatic carbocycles. The molecule has 0 spiro atoms. The van der Waals surface area contributed by atoms with Gasteiger partial charge in [0.15, 0.2) is 0 Å². The number of ether oxygens (including phenoxy) is 1. The van der Waals surface area contributed by atoms with Gasteiger partial charge in [0, 0.05) is 37.7 Å². The van der Waals surface area contributed by atoms with Gasteiger partial charge in [0.1, 0.15) is 5.56 Å². The average Bonchev–Trinajstić information content (AvgIpc) is 3.39. The molecule has 0 atom stereocenters. The first-order chi connectivity index (χ1) is 11.6. The minimum atomic E-state index is -0.351. The summed E-state index contributed by atoms with van der Waals surface area (Å²) in [6, 6.07) is 5.77. The van der Waals surface area contributed by atoms with E-state index < -0.39 is 0 Å². The molecular formula is C18H23N3O3. The topological polar surface area (TPSA) is 86.3 Å². The zero-order valence-corrected chi connectivity index (χ0v) is 13.9. The Morgan fingerprint density at radius 1 is 1.42 bits per heavy atom. The molecule has 2 aromatic rings. The van der Waals surface area contributed by atoms with Crippen LogP contribution in [0.15, 0.2) is 29.2 Å². The molecule has 6 nitrogen and oxygen atoms in total. The number of rotatable bonds is 7. The van der Waals surface area contributed by atoms with E-state index in [0.717, 1.165) is 18.4 Å². The summed E-state index contributed by atoms with van der Waals surface area (Å²) in [5.74, 6) is -0.351. The lowest BCUT2D eigenvalue weighted by molar-refractivity contribution is 0.0942. The maximum absolute atomic E-state index is 12.7. The lowest BCUT2D eigenvalue weighted by atomic mass is 10.1. The normalized spacial score (nSPS) is 14.0. The first-order valence-corrected chi connectivity index (χ1v) is 8.42. The minimum absolute atomic E-state index is 0.156. The average molecular weight is 329 g/mol. The Morgan fingerprint density at radius 3 is 2.92 bits per heavy atom. The second kappa shape index (κ2) is 7.05. The van der Waals surface area contributed by atoms with Crippen LogP contribution in [0, 0.1) is 0 Å². The molecule has 0 unspecified atom stereocenters. The lowest BCUT2D eigenvalue weighted by Crippen LogP contribution is -2.31. The number of carbonyl (C=O) groups is 1. The van der Waals surface area contributed by atoms with Crippen LogP contribution in [0.5, 0.6) is 0 Å². The summed E-state index contributed by atoms with van der Waals surface area (Å²) in [6.45, 7) is 3.65. The van der Waals surface area contributed by atoms with Gasteiger partial charge in [0.05, 0.1) is 10.9 Å². The number of nitrogens with one attached hydrogen (secondary N) is 1. The van der Waals surface area contributed by atoms with Crippen molar-refractivity contribution in [2.45, 2.75) is 32.2 Å². The van der Waals surface area contributed by atoms with Crippen LogP contribution in [-0.2, 0) is 4.74 Å². The molecule has 128 valence electrons. The highest BCUT2D eigenvalue weighted by atomic mass is 16.5. The van der Waals surface area contributed by atoms with E-state index in [2.05, 4.69) is 5.32 Å². The Balaban J connectivity index is 1.90. The second-order valence-corrected chi connectivity index (χ2v) is 6.06. The highest BCUT2D eigenvalue weighted by Crippen LogP contribution is 2.37. The number of fused-ring (bicyclic) bond motifs is 1. The molecule has 0 radical (unpaired) electrons. The molecule has 1 fully saturated rings. The van der Waals surface area contributed by atoms with E-state index in [1.54, 1.807) is 12.3 Å². The highest BCUT2D eigenvalue weighted by molar-refractivity contribution is 6.00. The third-order valence-corrected chi connectivity index (χ3v) is 4.23. The smallest absolute Gasteiger partial charge is 0.256 e. The van der Waals surface area contributed by atoms with Crippen molar-refractivity contribution in [2.75, 3.05) is 25.5 Å². The van der Waals surface area contributed by atoms with Crippen molar-refractivity contribution >= 4 is 22.5 Å². The van der Waals surface area contributed by atoms with Gasteiger partial charge in [-0.3, -0.25) is 9.59 Å². The van der Waals surface area contributed by atoms with Crippen LogP contribution in [-0.4, -0.2) is 30.2 Å². The minimum Gasteiger partial charge on any atom is -0.398 e. The number of carbonyl (C=O) groups excluding carboxylic acids is 1. The summed E-state index contributed by atoms with van der Waals surface area (Å²) in [5.41, 5.74) is 7.08. The van der Waals surface area contributed by atoms with Crippen molar-refractivity contribution in [1.29, 1.82) is 0 Å². The molecule has 24 heavy (non-hydrogen) atoms. The predicted molar refractivity (Wildman–Crippen MR) is 94.3 cm³/mol. The Bertz CT molecular complexity index is 809. The van der Waals surface area contributed by atoms with E-state index in [-0.39, 0.29) is 16.9 Å². The molecule has 0 saturated heterocycles. The molecule has 1 amide bonds. The zero-order chi connectivity index (χ0) is 17.1. The van der Waals surface area contributed by atoms with E-state index >= 15 is 0 Å². The Hall–Kier alpha value is -2.34. The van der Waals surface area contributed by atoms with Gasteiger partial charge in [-0.2, -0.15) is 0 Å². The largest absolute Gasteiger partial charge is 0.398 e. The van der Waals surface area contributed by atoms with Gasteiger partial charge in [-0.05, 0) is 38.3 Å². The monoisotopic (exact) mass is 329 g/mol. The number of nitrogens with zero attached hydrogens (tertiary/aromatic N) is 1. The van der Waals surface area contributed by atoms with Crippen molar-refractivity contribution in [3.8, 4) is 0 Å². The molecule has 3 N–H and O–H groups in total. The Kier molecular flexibility index (Phi) is 4.85. The number of nitrogens with two attached hydrogens (primary N) is 1. The van der Waals surface area contributed by atoms with E-state index in [4.69, 9.17) is 10.5 Å². The SMILES string of the molecule is CCOCCCNC(=O)c1cn(C2CC2)c2cccc(N)c2c1=O. The zero-order valence-electron chi connectivity index (χ0n) is 13.9.